The van der Waals surface area contributed by atoms with Crippen molar-refractivity contribution >= 4 is 15.9 Å². The van der Waals surface area contributed by atoms with Gasteiger partial charge in [-0.2, -0.15) is 4.31 Å². The maximum Gasteiger partial charge on any atom is 0.253 e. The zero-order chi connectivity index (χ0) is 19.6. The van der Waals surface area contributed by atoms with Crippen molar-refractivity contribution in [3.8, 4) is 0 Å². The van der Waals surface area contributed by atoms with Crippen LogP contribution in [0.3, 0.4) is 0 Å². The van der Waals surface area contributed by atoms with Gasteiger partial charge in [-0.3, -0.25) is 9.59 Å². The van der Waals surface area contributed by atoms with Crippen LogP contribution in [0.2, 0.25) is 0 Å². The quantitative estimate of drug-likeness (QED) is 0.813. The second kappa shape index (κ2) is 7.66. The van der Waals surface area contributed by atoms with Crippen molar-refractivity contribution in [1.82, 2.24) is 14.6 Å². The average molecular weight is 389 g/mol. The number of benzene rings is 1. The number of aryl methyl sites for hydroxylation is 2. The van der Waals surface area contributed by atoms with Gasteiger partial charge in [0.2, 0.25) is 10.0 Å². The first-order valence-corrected chi connectivity index (χ1v) is 10.3. The Morgan fingerprint density at radius 3 is 2.37 bits per heavy atom. The van der Waals surface area contributed by atoms with E-state index in [2.05, 4.69) is 10.3 Å². The van der Waals surface area contributed by atoms with Crippen LogP contribution in [0.25, 0.3) is 0 Å². The molecule has 3 rings (SSSR count). The molecule has 0 aliphatic carbocycles. The summed E-state index contributed by atoms with van der Waals surface area (Å²) < 4.78 is 26.5. The summed E-state index contributed by atoms with van der Waals surface area (Å²) in [6, 6.07) is 7.73. The molecule has 0 radical (unpaired) electrons. The predicted octanol–water partition coefficient (Wildman–Crippen LogP) is 1.71. The molecule has 1 aromatic heterocycles. The molecule has 1 fully saturated rings. The third kappa shape index (κ3) is 4.12. The van der Waals surface area contributed by atoms with E-state index in [-0.39, 0.29) is 22.9 Å². The molecule has 1 saturated heterocycles. The second-order valence-corrected chi connectivity index (χ2v) is 8.70. The summed E-state index contributed by atoms with van der Waals surface area (Å²) in [5, 5.41) is 2.71. The zero-order valence-electron chi connectivity index (χ0n) is 15.4. The number of aromatic amines is 1. The summed E-state index contributed by atoms with van der Waals surface area (Å²) in [5.74, 6) is -0.362. The van der Waals surface area contributed by atoms with E-state index in [1.54, 1.807) is 6.92 Å². The van der Waals surface area contributed by atoms with Gasteiger partial charge in [0, 0.05) is 36.5 Å². The number of H-pyrrole nitrogens is 1. The SMILES string of the molecule is Cc1cc(C)c(CNC(=O)c2ccc(S(=O)(=O)N3CCCC3)cc2)c(=O)[nH]1. The van der Waals surface area contributed by atoms with Crippen LogP contribution in [0.15, 0.2) is 40.0 Å². The van der Waals surface area contributed by atoms with E-state index in [0.29, 0.717) is 24.2 Å². The lowest BCUT2D eigenvalue weighted by Gasteiger charge is -2.15. The van der Waals surface area contributed by atoms with Crippen molar-refractivity contribution in [2.45, 2.75) is 38.1 Å². The van der Waals surface area contributed by atoms with Crippen molar-refractivity contribution in [1.29, 1.82) is 0 Å². The molecule has 2 heterocycles. The summed E-state index contributed by atoms with van der Waals surface area (Å²) >= 11 is 0. The van der Waals surface area contributed by atoms with Gasteiger partial charge >= 0.3 is 0 Å². The third-order valence-corrected chi connectivity index (χ3v) is 6.65. The van der Waals surface area contributed by atoms with Crippen molar-refractivity contribution in [2.75, 3.05) is 13.1 Å². The molecule has 27 heavy (non-hydrogen) atoms. The molecule has 7 nitrogen and oxygen atoms in total. The molecule has 2 aromatic rings. The fraction of sp³-hybridized carbons (Fsp3) is 0.368. The van der Waals surface area contributed by atoms with Crippen molar-refractivity contribution < 1.29 is 13.2 Å². The topological polar surface area (TPSA) is 99.3 Å². The van der Waals surface area contributed by atoms with Crippen molar-refractivity contribution in [3.63, 3.8) is 0 Å². The number of carbonyl (C=O) groups is 1. The van der Waals surface area contributed by atoms with Gasteiger partial charge in [0.15, 0.2) is 0 Å². The van der Waals surface area contributed by atoms with Gasteiger partial charge in [0.25, 0.3) is 11.5 Å². The molecule has 144 valence electrons. The number of pyridine rings is 1. The highest BCUT2D eigenvalue weighted by molar-refractivity contribution is 7.89. The van der Waals surface area contributed by atoms with Crippen molar-refractivity contribution in [2.24, 2.45) is 0 Å². The molecule has 0 saturated carbocycles. The number of hydrogen-bond donors (Lipinski definition) is 2. The van der Waals surface area contributed by atoms with E-state index < -0.39 is 10.0 Å². The molecule has 1 aliphatic rings. The van der Waals surface area contributed by atoms with Gasteiger partial charge in [0.05, 0.1) is 4.90 Å². The molecular weight excluding hydrogens is 366 g/mol. The van der Waals surface area contributed by atoms with Crippen LogP contribution in [0, 0.1) is 13.8 Å². The Morgan fingerprint density at radius 1 is 1.15 bits per heavy atom. The molecule has 8 heteroatoms. The number of sulfonamides is 1. The highest BCUT2D eigenvalue weighted by atomic mass is 32.2. The maximum absolute atomic E-state index is 12.5. The van der Waals surface area contributed by atoms with E-state index in [0.717, 1.165) is 24.1 Å². The van der Waals surface area contributed by atoms with Crippen LogP contribution >= 0.6 is 0 Å². The van der Waals surface area contributed by atoms with Gasteiger partial charge in [-0.15, -0.1) is 0 Å². The highest BCUT2D eigenvalue weighted by Crippen LogP contribution is 2.21. The number of nitrogens with one attached hydrogen (secondary N) is 2. The van der Waals surface area contributed by atoms with Gasteiger partial charge in [-0.25, -0.2) is 8.42 Å². The minimum absolute atomic E-state index is 0.105. The smallest absolute Gasteiger partial charge is 0.253 e. The Kier molecular flexibility index (Phi) is 5.48. The van der Waals surface area contributed by atoms with Crippen LogP contribution < -0.4 is 10.9 Å². The number of amides is 1. The Labute approximate surface area is 158 Å². The summed E-state index contributed by atoms with van der Waals surface area (Å²) in [7, 11) is -3.50. The zero-order valence-corrected chi connectivity index (χ0v) is 16.2. The fourth-order valence-corrected chi connectivity index (χ4v) is 4.74. The number of nitrogens with zero attached hydrogens (tertiary/aromatic N) is 1. The summed E-state index contributed by atoms with van der Waals surface area (Å²) in [4.78, 5) is 27.3. The van der Waals surface area contributed by atoms with E-state index in [4.69, 9.17) is 0 Å². The molecular formula is C19H23N3O4S. The normalized spacial score (nSPS) is 15.0. The number of hydrogen-bond acceptors (Lipinski definition) is 4. The molecule has 2 N–H and O–H groups in total. The molecule has 1 aliphatic heterocycles. The Hall–Kier alpha value is -2.45. The predicted molar refractivity (Wildman–Crippen MR) is 102 cm³/mol. The number of carbonyl (C=O) groups excluding carboxylic acids is 1. The van der Waals surface area contributed by atoms with Gasteiger partial charge < -0.3 is 10.3 Å². The fourth-order valence-electron chi connectivity index (χ4n) is 3.23. The van der Waals surface area contributed by atoms with Crippen LogP contribution in [0.5, 0.6) is 0 Å². The maximum atomic E-state index is 12.5. The first-order chi connectivity index (χ1) is 12.8. The first kappa shape index (κ1) is 19.3. The van der Waals surface area contributed by atoms with E-state index in [1.165, 1.54) is 28.6 Å². The molecule has 1 aromatic carbocycles. The highest BCUT2D eigenvalue weighted by Gasteiger charge is 2.27. The number of aromatic nitrogens is 1. The molecule has 0 bridgehead atoms. The molecule has 1 amide bonds. The lowest BCUT2D eigenvalue weighted by molar-refractivity contribution is 0.0950. The minimum atomic E-state index is -3.50. The summed E-state index contributed by atoms with van der Waals surface area (Å²) in [6.07, 6.45) is 1.74. The van der Waals surface area contributed by atoms with E-state index >= 15 is 0 Å². The van der Waals surface area contributed by atoms with Crippen molar-refractivity contribution in [3.05, 3.63) is 63.1 Å². The first-order valence-electron chi connectivity index (χ1n) is 8.87. The molecule has 0 unspecified atom stereocenters. The van der Waals surface area contributed by atoms with Gasteiger partial charge in [-0.05, 0) is 62.6 Å². The Morgan fingerprint density at radius 2 is 1.78 bits per heavy atom. The van der Waals surface area contributed by atoms with E-state index in [9.17, 15) is 18.0 Å². The third-order valence-electron chi connectivity index (χ3n) is 4.74. The molecule has 0 spiro atoms. The summed E-state index contributed by atoms with van der Waals surface area (Å²) in [5.41, 5.74) is 2.20. The number of rotatable bonds is 5. The largest absolute Gasteiger partial charge is 0.348 e. The lowest BCUT2D eigenvalue weighted by Crippen LogP contribution is -2.29. The van der Waals surface area contributed by atoms with Crippen LogP contribution in [-0.4, -0.2) is 36.7 Å². The Balaban J connectivity index is 1.70. The minimum Gasteiger partial charge on any atom is -0.348 e. The summed E-state index contributed by atoms with van der Waals surface area (Å²) in [6.45, 7) is 4.80. The Bertz CT molecular complexity index is 1000. The average Bonchev–Trinajstić information content (AvgIpc) is 3.16. The molecule has 0 atom stereocenters. The monoisotopic (exact) mass is 389 g/mol. The van der Waals surface area contributed by atoms with Crippen LogP contribution in [-0.2, 0) is 16.6 Å². The standard InChI is InChI=1S/C19H23N3O4S/c1-13-11-14(2)21-19(24)17(13)12-20-18(23)15-5-7-16(8-6-15)27(25,26)22-9-3-4-10-22/h5-8,11H,3-4,9-10,12H2,1-2H3,(H,20,23)(H,21,24). The van der Waals surface area contributed by atoms with Gasteiger partial charge in [0.1, 0.15) is 0 Å². The lowest BCUT2D eigenvalue weighted by atomic mass is 10.1. The van der Waals surface area contributed by atoms with Crippen LogP contribution in [0.4, 0.5) is 0 Å². The second-order valence-electron chi connectivity index (χ2n) is 6.76. The van der Waals surface area contributed by atoms with Crippen LogP contribution in [0.1, 0.15) is 40.0 Å². The van der Waals surface area contributed by atoms with Gasteiger partial charge in [-0.1, -0.05) is 0 Å². The van der Waals surface area contributed by atoms with E-state index in [1.807, 2.05) is 13.0 Å².